The van der Waals surface area contributed by atoms with E-state index in [2.05, 4.69) is 53.6 Å². The molecule has 1 aromatic carbocycles. The van der Waals surface area contributed by atoms with E-state index >= 15 is 0 Å². The third-order valence-corrected chi connectivity index (χ3v) is 7.42. The number of nitriles is 1. The second kappa shape index (κ2) is 8.21. The summed E-state index contributed by atoms with van der Waals surface area (Å²) >= 11 is 1.81. The summed E-state index contributed by atoms with van der Waals surface area (Å²) in [5.41, 5.74) is 4.22. The third kappa shape index (κ3) is 3.85. The summed E-state index contributed by atoms with van der Waals surface area (Å²) in [5, 5.41) is 14.2. The van der Waals surface area contributed by atoms with Crippen LogP contribution in [0.15, 0.2) is 45.7 Å². The molecule has 3 heterocycles. The smallest absolute Gasteiger partial charge is 0.291 e. The van der Waals surface area contributed by atoms with Gasteiger partial charge in [0, 0.05) is 48.7 Å². The molecule has 1 aromatic heterocycles. The monoisotopic (exact) mass is 422 g/mol. The Balaban J connectivity index is 1.68. The molecule has 0 aliphatic carbocycles. The number of likely N-dealkylation sites (N-methyl/N-ethyl adjacent to an activating group) is 1. The standard InChI is InChI=1S/C23H26N4O2S/c1-16-14-30-15-23(16,2)19-12-17(27-10-8-26(3)9-11-27)4-6-20(19)25-22(28)21-7-5-18(13-24)29-21/h4-7,12,14H,8-11,15H2,1-3H3,(H,25,28). The summed E-state index contributed by atoms with van der Waals surface area (Å²) in [6.07, 6.45) is 0. The van der Waals surface area contributed by atoms with E-state index in [0.717, 1.165) is 43.2 Å². The Bertz CT molecular complexity index is 1030. The molecule has 0 spiro atoms. The molecule has 30 heavy (non-hydrogen) atoms. The molecule has 2 aromatic rings. The average molecular weight is 423 g/mol. The van der Waals surface area contributed by atoms with E-state index in [-0.39, 0.29) is 22.8 Å². The number of benzene rings is 1. The minimum absolute atomic E-state index is 0.128. The number of piperazine rings is 1. The van der Waals surface area contributed by atoms with Crippen molar-refractivity contribution in [2.24, 2.45) is 0 Å². The molecule has 2 aliphatic rings. The number of amides is 1. The van der Waals surface area contributed by atoms with Crippen LogP contribution in [0.1, 0.15) is 35.7 Å². The van der Waals surface area contributed by atoms with Gasteiger partial charge >= 0.3 is 0 Å². The zero-order valence-electron chi connectivity index (χ0n) is 17.6. The van der Waals surface area contributed by atoms with Gasteiger partial charge in [-0.3, -0.25) is 4.79 Å². The van der Waals surface area contributed by atoms with Crippen LogP contribution in [0.3, 0.4) is 0 Å². The first-order chi connectivity index (χ1) is 14.4. The van der Waals surface area contributed by atoms with Gasteiger partial charge in [0.05, 0.1) is 0 Å². The Morgan fingerprint density at radius 1 is 1.23 bits per heavy atom. The predicted molar refractivity (Wildman–Crippen MR) is 121 cm³/mol. The fourth-order valence-electron chi connectivity index (χ4n) is 3.93. The van der Waals surface area contributed by atoms with Gasteiger partial charge in [-0.25, -0.2) is 0 Å². The number of nitrogens with one attached hydrogen (secondary N) is 1. The maximum Gasteiger partial charge on any atom is 0.291 e. The Morgan fingerprint density at radius 3 is 2.63 bits per heavy atom. The molecule has 0 bridgehead atoms. The number of allylic oxidation sites excluding steroid dienone is 1. The van der Waals surface area contributed by atoms with Crippen molar-refractivity contribution in [1.82, 2.24) is 4.90 Å². The van der Waals surface area contributed by atoms with E-state index < -0.39 is 0 Å². The number of carbonyl (C=O) groups is 1. The summed E-state index contributed by atoms with van der Waals surface area (Å²) in [4.78, 5) is 17.5. The number of carbonyl (C=O) groups excluding carboxylic acids is 1. The topological polar surface area (TPSA) is 72.5 Å². The van der Waals surface area contributed by atoms with Crippen molar-refractivity contribution in [3.8, 4) is 6.07 Å². The van der Waals surface area contributed by atoms with Crippen LogP contribution in [0.2, 0.25) is 0 Å². The number of furan rings is 1. The second-order valence-corrected chi connectivity index (χ2v) is 9.05. The van der Waals surface area contributed by atoms with Crippen molar-refractivity contribution >= 4 is 29.0 Å². The van der Waals surface area contributed by atoms with Crippen molar-refractivity contribution in [1.29, 1.82) is 5.26 Å². The van der Waals surface area contributed by atoms with Crippen LogP contribution in [0, 0.1) is 11.3 Å². The number of hydrogen-bond donors (Lipinski definition) is 1. The molecule has 1 atom stereocenters. The van der Waals surface area contributed by atoms with Gasteiger partial charge < -0.3 is 19.5 Å². The summed E-state index contributed by atoms with van der Waals surface area (Å²) in [6.45, 7) is 8.45. The van der Waals surface area contributed by atoms with E-state index in [1.807, 2.05) is 12.1 Å². The normalized spacial score (nSPS) is 21.9. The van der Waals surface area contributed by atoms with Gasteiger partial charge in [0.1, 0.15) is 6.07 Å². The minimum atomic E-state index is -0.346. The predicted octanol–water partition coefficient (Wildman–Crippen LogP) is 4.06. The Kier molecular flexibility index (Phi) is 5.63. The van der Waals surface area contributed by atoms with Crippen LogP contribution in [-0.2, 0) is 5.41 Å². The Morgan fingerprint density at radius 2 is 2.00 bits per heavy atom. The van der Waals surface area contributed by atoms with Crippen molar-refractivity contribution < 1.29 is 9.21 Å². The first-order valence-electron chi connectivity index (χ1n) is 10.1. The first-order valence-corrected chi connectivity index (χ1v) is 11.1. The molecule has 1 saturated heterocycles. The van der Waals surface area contributed by atoms with Gasteiger partial charge in [-0.15, -0.1) is 11.8 Å². The van der Waals surface area contributed by atoms with Gasteiger partial charge in [-0.05, 0) is 55.3 Å². The average Bonchev–Trinajstić information content (AvgIpc) is 3.36. The third-order valence-electron chi connectivity index (χ3n) is 6.16. The zero-order chi connectivity index (χ0) is 21.3. The Labute approximate surface area is 181 Å². The number of anilines is 2. The quantitative estimate of drug-likeness (QED) is 0.801. The molecule has 156 valence electrons. The summed E-state index contributed by atoms with van der Waals surface area (Å²) in [7, 11) is 2.15. The molecule has 4 rings (SSSR count). The second-order valence-electron chi connectivity index (χ2n) is 8.19. The van der Waals surface area contributed by atoms with E-state index in [1.165, 1.54) is 23.4 Å². The molecule has 6 nitrogen and oxygen atoms in total. The van der Waals surface area contributed by atoms with Crippen LogP contribution < -0.4 is 10.2 Å². The molecule has 1 unspecified atom stereocenters. The zero-order valence-corrected chi connectivity index (χ0v) is 18.4. The van der Waals surface area contributed by atoms with Gasteiger partial charge in [0.2, 0.25) is 5.76 Å². The van der Waals surface area contributed by atoms with E-state index in [0.29, 0.717) is 0 Å². The van der Waals surface area contributed by atoms with Crippen LogP contribution in [-0.4, -0.2) is 49.8 Å². The summed E-state index contributed by atoms with van der Waals surface area (Å²) in [6, 6.07) is 11.3. The fraction of sp³-hybridized carbons (Fsp3) is 0.391. The van der Waals surface area contributed by atoms with Crippen LogP contribution in [0.5, 0.6) is 0 Å². The van der Waals surface area contributed by atoms with Gasteiger partial charge in [-0.2, -0.15) is 5.26 Å². The van der Waals surface area contributed by atoms with E-state index in [4.69, 9.17) is 9.68 Å². The highest BCUT2D eigenvalue weighted by atomic mass is 32.2. The summed E-state index contributed by atoms with van der Waals surface area (Å²) < 4.78 is 5.31. The van der Waals surface area contributed by atoms with Crippen LogP contribution in [0.4, 0.5) is 11.4 Å². The first kappa shape index (κ1) is 20.6. The maximum absolute atomic E-state index is 12.8. The SMILES string of the molecule is CC1=CSCC1(C)c1cc(N2CCN(C)CC2)ccc1NC(=O)c1ccc(C#N)o1. The molecule has 1 N–H and O–H groups in total. The number of rotatable bonds is 4. The van der Waals surface area contributed by atoms with Gasteiger partial charge in [-0.1, -0.05) is 12.5 Å². The Hall–Kier alpha value is -2.69. The largest absolute Gasteiger partial charge is 0.440 e. The lowest BCUT2D eigenvalue weighted by atomic mass is 9.77. The lowest BCUT2D eigenvalue weighted by Crippen LogP contribution is -2.44. The van der Waals surface area contributed by atoms with Gasteiger partial charge in [0.15, 0.2) is 5.76 Å². The number of thioether (sulfide) groups is 1. The molecular formula is C23H26N4O2S. The van der Waals surface area contributed by atoms with E-state index in [9.17, 15) is 4.79 Å². The molecule has 1 fully saturated rings. The molecule has 2 aliphatic heterocycles. The van der Waals surface area contributed by atoms with Crippen LogP contribution in [0.25, 0.3) is 0 Å². The highest BCUT2D eigenvalue weighted by molar-refractivity contribution is 8.02. The van der Waals surface area contributed by atoms with Crippen molar-refractivity contribution in [3.05, 3.63) is 58.4 Å². The highest BCUT2D eigenvalue weighted by Gasteiger charge is 2.35. The minimum Gasteiger partial charge on any atom is -0.440 e. The highest BCUT2D eigenvalue weighted by Crippen LogP contribution is 2.45. The van der Waals surface area contributed by atoms with Crippen molar-refractivity contribution in [3.63, 3.8) is 0 Å². The van der Waals surface area contributed by atoms with Gasteiger partial charge in [0.25, 0.3) is 5.91 Å². The molecule has 1 amide bonds. The fourth-order valence-corrected chi connectivity index (χ4v) is 5.24. The number of hydrogen-bond acceptors (Lipinski definition) is 6. The summed E-state index contributed by atoms with van der Waals surface area (Å²) in [5.74, 6) is 0.858. The molecule has 0 saturated carbocycles. The molecular weight excluding hydrogens is 396 g/mol. The van der Waals surface area contributed by atoms with Crippen LogP contribution >= 0.6 is 11.8 Å². The van der Waals surface area contributed by atoms with Crippen molar-refractivity contribution in [2.45, 2.75) is 19.3 Å². The molecule has 0 radical (unpaired) electrons. The number of nitrogens with zero attached hydrogens (tertiary/aromatic N) is 3. The molecule has 7 heteroatoms. The lowest BCUT2D eigenvalue weighted by Gasteiger charge is -2.36. The maximum atomic E-state index is 12.8. The van der Waals surface area contributed by atoms with Crippen molar-refractivity contribution in [2.75, 3.05) is 49.2 Å². The van der Waals surface area contributed by atoms with E-state index in [1.54, 1.807) is 11.8 Å². The lowest BCUT2D eigenvalue weighted by molar-refractivity contribution is 0.0996.